The molecule has 1 unspecified atom stereocenters. The Hall–Kier alpha value is -0.420. The van der Waals surface area contributed by atoms with Gasteiger partial charge < -0.3 is 4.90 Å². The summed E-state index contributed by atoms with van der Waals surface area (Å²) in [6.45, 7) is 7.91. The molecule has 0 bridgehead atoms. The SMILES string of the molecule is CC(C)(C)c1csc(CN2CC(Br)CC2=O)n1. The molecule has 2 heterocycles. The number of amides is 1. The van der Waals surface area contributed by atoms with Crippen LogP contribution in [0.25, 0.3) is 0 Å². The Balaban J connectivity index is 2.05. The van der Waals surface area contributed by atoms with Crippen molar-refractivity contribution in [2.24, 2.45) is 0 Å². The summed E-state index contributed by atoms with van der Waals surface area (Å²) in [5.74, 6) is 0.222. The van der Waals surface area contributed by atoms with Crippen molar-refractivity contribution in [1.29, 1.82) is 0 Å². The van der Waals surface area contributed by atoms with E-state index in [2.05, 4.69) is 47.1 Å². The van der Waals surface area contributed by atoms with E-state index in [0.29, 0.717) is 17.8 Å². The van der Waals surface area contributed by atoms with Crippen LogP contribution in [0.15, 0.2) is 5.38 Å². The maximum Gasteiger partial charge on any atom is 0.224 e. The molecular weight excluding hydrogens is 300 g/mol. The molecule has 1 aliphatic heterocycles. The molecule has 17 heavy (non-hydrogen) atoms. The van der Waals surface area contributed by atoms with Gasteiger partial charge in [0.15, 0.2) is 0 Å². The van der Waals surface area contributed by atoms with Gasteiger partial charge in [0, 0.05) is 28.6 Å². The van der Waals surface area contributed by atoms with E-state index in [1.165, 1.54) is 0 Å². The number of rotatable bonds is 2. The number of hydrogen-bond donors (Lipinski definition) is 0. The molecule has 0 N–H and O–H groups in total. The number of halogens is 1. The van der Waals surface area contributed by atoms with Crippen LogP contribution in [0, 0.1) is 0 Å². The number of likely N-dealkylation sites (tertiary alicyclic amines) is 1. The van der Waals surface area contributed by atoms with Gasteiger partial charge in [0.05, 0.1) is 12.2 Å². The second kappa shape index (κ2) is 4.69. The number of hydrogen-bond acceptors (Lipinski definition) is 3. The van der Waals surface area contributed by atoms with Gasteiger partial charge in [0.25, 0.3) is 0 Å². The Morgan fingerprint density at radius 3 is 2.76 bits per heavy atom. The Labute approximate surface area is 114 Å². The monoisotopic (exact) mass is 316 g/mol. The largest absolute Gasteiger partial charge is 0.335 e. The van der Waals surface area contributed by atoms with Crippen molar-refractivity contribution in [1.82, 2.24) is 9.88 Å². The fraction of sp³-hybridized carbons (Fsp3) is 0.667. The first kappa shape index (κ1) is 13.0. The van der Waals surface area contributed by atoms with Gasteiger partial charge >= 0.3 is 0 Å². The van der Waals surface area contributed by atoms with E-state index in [0.717, 1.165) is 17.2 Å². The predicted molar refractivity (Wildman–Crippen MR) is 73.6 cm³/mol. The van der Waals surface area contributed by atoms with Crippen molar-refractivity contribution < 1.29 is 4.79 Å². The van der Waals surface area contributed by atoms with Crippen LogP contribution in [0.3, 0.4) is 0 Å². The van der Waals surface area contributed by atoms with Gasteiger partial charge in [0.1, 0.15) is 5.01 Å². The Morgan fingerprint density at radius 2 is 2.29 bits per heavy atom. The minimum absolute atomic E-state index is 0.0850. The van der Waals surface area contributed by atoms with Crippen LogP contribution in [0.2, 0.25) is 0 Å². The lowest BCUT2D eigenvalue weighted by molar-refractivity contribution is -0.128. The zero-order chi connectivity index (χ0) is 12.6. The molecular formula is C12H17BrN2OS. The van der Waals surface area contributed by atoms with E-state index in [1.54, 1.807) is 11.3 Å². The van der Waals surface area contributed by atoms with Gasteiger partial charge in [0.2, 0.25) is 5.91 Å². The summed E-state index contributed by atoms with van der Waals surface area (Å²) in [4.78, 5) is 18.5. The van der Waals surface area contributed by atoms with Crippen molar-refractivity contribution >= 4 is 33.2 Å². The zero-order valence-electron chi connectivity index (χ0n) is 10.4. The van der Waals surface area contributed by atoms with Gasteiger partial charge in [-0.1, -0.05) is 36.7 Å². The Bertz CT molecular complexity index is 424. The molecule has 0 aromatic carbocycles. The summed E-state index contributed by atoms with van der Waals surface area (Å²) in [5, 5.41) is 3.13. The van der Waals surface area contributed by atoms with Gasteiger partial charge in [-0.15, -0.1) is 11.3 Å². The van der Waals surface area contributed by atoms with Gasteiger partial charge in [-0.2, -0.15) is 0 Å². The molecule has 94 valence electrons. The lowest BCUT2D eigenvalue weighted by Crippen LogP contribution is -2.24. The zero-order valence-corrected chi connectivity index (χ0v) is 12.8. The molecule has 1 fully saturated rings. The van der Waals surface area contributed by atoms with Gasteiger partial charge in [-0.3, -0.25) is 4.79 Å². The number of thiazole rings is 1. The van der Waals surface area contributed by atoms with E-state index in [1.807, 2.05) is 4.90 Å². The van der Waals surface area contributed by atoms with Crippen LogP contribution in [0.5, 0.6) is 0 Å². The number of carbonyl (C=O) groups excluding carboxylic acids is 1. The van der Waals surface area contributed by atoms with Crippen molar-refractivity contribution in [2.75, 3.05) is 6.54 Å². The molecule has 1 aromatic rings. The topological polar surface area (TPSA) is 33.2 Å². The van der Waals surface area contributed by atoms with Crippen LogP contribution in [0.1, 0.15) is 37.9 Å². The normalized spacial score (nSPS) is 21.3. The average molecular weight is 317 g/mol. The highest BCUT2D eigenvalue weighted by molar-refractivity contribution is 9.09. The fourth-order valence-corrected chi connectivity index (χ4v) is 3.43. The third kappa shape index (κ3) is 3.07. The Morgan fingerprint density at radius 1 is 1.59 bits per heavy atom. The summed E-state index contributed by atoms with van der Waals surface area (Å²) in [5.41, 5.74) is 1.20. The quantitative estimate of drug-likeness (QED) is 0.786. The third-order valence-corrected chi connectivity index (χ3v) is 4.26. The molecule has 0 saturated carbocycles. The summed E-state index contributed by atoms with van der Waals surface area (Å²) in [6.07, 6.45) is 0.609. The molecule has 3 nitrogen and oxygen atoms in total. The van der Waals surface area contributed by atoms with Crippen LogP contribution in [0.4, 0.5) is 0 Å². The molecule has 0 spiro atoms. The summed E-state index contributed by atoms with van der Waals surface area (Å²) < 4.78 is 0. The molecule has 1 aliphatic rings. The number of carbonyl (C=O) groups is 1. The van der Waals surface area contributed by atoms with E-state index < -0.39 is 0 Å². The molecule has 1 saturated heterocycles. The minimum Gasteiger partial charge on any atom is -0.335 e. The van der Waals surface area contributed by atoms with E-state index in [4.69, 9.17) is 0 Å². The maximum absolute atomic E-state index is 11.7. The number of aromatic nitrogens is 1. The van der Waals surface area contributed by atoms with Crippen molar-refractivity contribution in [3.63, 3.8) is 0 Å². The van der Waals surface area contributed by atoms with Crippen molar-refractivity contribution in [3.8, 4) is 0 Å². The molecule has 2 rings (SSSR count). The second-order valence-corrected chi connectivity index (χ2v) is 7.69. The summed E-state index contributed by atoms with van der Waals surface area (Å²) in [6, 6.07) is 0. The van der Waals surface area contributed by atoms with E-state index in [9.17, 15) is 4.79 Å². The van der Waals surface area contributed by atoms with Crippen LogP contribution >= 0.6 is 27.3 Å². The number of nitrogens with zero attached hydrogens (tertiary/aromatic N) is 2. The van der Waals surface area contributed by atoms with E-state index in [-0.39, 0.29) is 11.3 Å². The minimum atomic E-state index is 0.0850. The van der Waals surface area contributed by atoms with Gasteiger partial charge in [-0.05, 0) is 0 Å². The van der Waals surface area contributed by atoms with Crippen LogP contribution in [-0.2, 0) is 16.8 Å². The average Bonchev–Trinajstić information content (AvgIpc) is 2.74. The first-order valence-corrected chi connectivity index (χ1v) is 7.52. The lowest BCUT2D eigenvalue weighted by Gasteiger charge is -2.15. The molecule has 1 aromatic heterocycles. The van der Waals surface area contributed by atoms with Crippen LogP contribution < -0.4 is 0 Å². The summed E-state index contributed by atoms with van der Waals surface area (Å²) >= 11 is 5.14. The fourth-order valence-electron chi connectivity index (χ4n) is 1.77. The highest BCUT2D eigenvalue weighted by atomic mass is 79.9. The lowest BCUT2D eigenvalue weighted by atomic mass is 9.93. The van der Waals surface area contributed by atoms with E-state index >= 15 is 0 Å². The highest BCUT2D eigenvalue weighted by Gasteiger charge is 2.28. The molecule has 1 amide bonds. The number of alkyl halides is 1. The molecule has 0 aliphatic carbocycles. The highest BCUT2D eigenvalue weighted by Crippen LogP contribution is 2.26. The Kier molecular flexibility index (Phi) is 3.59. The first-order chi connectivity index (χ1) is 7.86. The van der Waals surface area contributed by atoms with Crippen LogP contribution in [-0.4, -0.2) is 27.2 Å². The van der Waals surface area contributed by atoms with Crippen molar-refractivity contribution in [3.05, 3.63) is 16.1 Å². The smallest absolute Gasteiger partial charge is 0.224 e. The molecule has 5 heteroatoms. The predicted octanol–water partition coefficient (Wildman–Crippen LogP) is 2.94. The first-order valence-electron chi connectivity index (χ1n) is 5.73. The third-order valence-electron chi connectivity index (χ3n) is 2.81. The van der Waals surface area contributed by atoms with Gasteiger partial charge in [-0.25, -0.2) is 4.98 Å². The molecule has 0 radical (unpaired) electrons. The summed E-state index contributed by atoms with van der Waals surface area (Å²) in [7, 11) is 0. The van der Waals surface area contributed by atoms with Crippen molar-refractivity contribution in [2.45, 2.75) is 44.0 Å². The molecule has 1 atom stereocenters. The maximum atomic E-state index is 11.7. The standard InChI is InChI=1S/C12H17BrN2OS/c1-12(2,3)9-7-17-10(14-9)6-15-5-8(13)4-11(15)16/h7-8H,4-6H2,1-3H3. The second-order valence-electron chi connectivity index (χ2n) is 5.45.